The zero-order valence-corrected chi connectivity index (χ0v) is 13.6. The summed E-state index contributed by atoms with van der Waals surface area (Å²) in [7, 11) is 0. The number of rotatable bonds is 4. The summed E-state index contributed by atoms with van der Waals surface area (Å²) in [6, 6.07) is 13.9. The molecule has 0 aliphatic carbocycles. The molecule has 118 valence electrons. The van der Waals surface area contributed by atoms with Gasteiger partial charge < -0.3 is 0 Å². The number of halogens is 2. The predicted molar refractivity (Wildman–Crippen MR) is 91.9 cm³/mol. The molecular formula is C17H14Cl2N2O2. The largest absolute Gasteiger partial charge is 0.273 e. The van der Waals surface area contributed by atoms with Crippen LogP contribution in [0.1, 0.15) is 11.1 Å². The number of carbonyl (C=O) groups excluding carboxylic acids is 2. The molecule has 0 radical (unpaired) electrons. The molecule has 0 saturated heterocycles. The molecule has 0 saturated carbocycles. The Hall–Kier alpha value is -2.30. The number of hydrazine groups is 1. The van der Waals surface area contributed by atoms with Crippen molar-refractivity contribution in [1.82, 2.24) is 10.9 Å². The van der Waals surface area contributed by atoms with E-state index in [-0.39, 0.29) is 12.3 Å². The number of carbonyl (C=O) groups is 2. The molecule has 2 aromatic rings. The van der Waals surface area contributed by atoms with Gasteiger partial charge in [-0.15, -0.1) is 0 Å². The standard InChI is InChI=1S/C17H14Cl2N2O2/c18-14-6-1-12(2-7-14)5-10-16(22)20-21-17(23)11-13-3-8-15(19)9-4-13/h1-10H,11H2,(H,20,22)(H,21,23)/b10-5+. The van der Waals surface area contributed by atoms with Crippen molar-refractivity contribution in [2.24, 2.45) is 0 Å². The van der Waals surface area contributed by atoms with Crippen molar-refractivity contribution < 1.29 is 9.59 Å². The molecule has 4 nitrogen and oxygen atoms in total. The lowest BCUT2D eigenvalue weighted by atomic mass is 10.1. The zero-order chi connectivity index (χ0) is 16.7. The summed E-state index contributed by atoms with van der Waals surface area (Å²) in [6.07, 6.45) is 3.10. The van der Waals surface area contributed by atoms with Gasteiger partial charge in [0.25, 0.3) is 5.91 Å². The maximum absolute atomic E-state index is 11.7. The lowest BCUT2D eigenvalue weighted by molar-refractivity contribution is -0.126. The van der Waals surface area contributed by atoms with Gasteiger partial charge in [-0.3, -0.25) is 20.4 Å². The van der Waals surface area contributed by atoms with Gasteiger partial charge in [0.1, 0.15) is 0 Å². The summed E-state index contributed by atoms with van der Waals surface area (Å²) in [5, 5.41) is 1.23. The van der Waals surface area contributed by atoms with E-state index in [2.05, 4.69) is 10.9 Å². The topological polar surface area (TPSA) is 58.2 Å². The first-order chi connectivity index (χ1) is 11.0. The second-order valence-corrected chi connectivity index (χ2v) is 5.60. The molecule has 0 aliphatic rings. The van der Waals surface area contributed by atoms with Crippen LogP contribution < -0.4 is 10.9 Å². The Morgan fingerprint density at radius 2 is 1.43 bits per heavy atom. The SMILES string of the molecule is O=C(/C=C/c1ccc(Cl)cc1)NNC(=O)Cc1ccc(Cl)cc1. The third-order valence-electron chi connectivity index (χ3n) is 2.90. The lowest BCUT2D eigenvalue weighted by Crippen LogP contribution is -2.41. The molecular weight excluding hydrogens is 335 g/mol. The molecule has 2 N–H and O–H groups in total. The molecule has 0 bridgehead atoms. The Morgan fingerprint density at radius 3 is 2.04 bits per heavy atom. The fraction of sp³-hybridized carbons (Fsp3) is 0.0588. The van der Waals surface area contributed by atoms with Crippen molar-refractivity contribution >= 4 is 41.1 Å². The molecule has 0 atom stereocenters. The summed E-state index contributed by atoms with van der Waals surface area (Å²) < 4.78 is 0. The average molecular weight is 349 g/mol. The first kappa shape index (κ1) is 17.1. The van der Waals surface area contributed by atoms with Crippen molar-refractivity contribution in [3.63, 3.8) is 0 Å². The Bertz CT molecular complexity index is 710. The Balaban J connectivity index is 1.78. The van der Waals surface area contributed by atoms with E-state index < -0.39 is 5.91 Å². The van der Waals surface area contributed by atoms with Crippen LogP contribution in [-0.2, 0) is 16.0 Å². The van der Waals surface area contributed by atoms with Crippen LogP contribution in [0.4, 0.5) is 0 Å². The highest BCUT2D eigenvalue weighted by Crippen LogP contribution is 2.11. The molecule has 2 aromatic carbocycles. The molecule has 0 heterocycles. The maximum atomic E-state index is 11.7. The molecule has 2 amide bonds. The van der Waals surface area contributed by atoms with E-state index in [4.69, 9.17) is 23.2 Å². The van der Waals surface area contributed by atoms with Crippen molar-refractivity contribution in [1.29, 1.82) is 0 Å². The Labute approximate surface area is 144 Å². The highest BCUT2D eigenvalue weighted by atomic mass is 35.5. The maximum Gasteiger partial charge on any atom is 0.262 e. The van der Waals surface area contributed by atoms with Gasteiger partial charge in [-0.2, -0.15) is 0 Å². The second-order valence-electron chi connectivity index (χ2n) is 4.73. The number of benzene rings is 2. The van der Waals surface area contributed by atoms with E-state index in [1.165, 1.54) is 6.08 Å². The second kappa shape index (κ2) is 8.36. The highest BCUT2D eigenvalue weighted by molar-refractivity contribution is 6.30. The fourth-order valence-corrected chi connectivity index (χ4v) is 2.00. The van der Waals surface area contributed by atoms with E-state index >= 15 is 0 Å². The molecule has 0 aliphatic heterocycles. The van der Waals surface area contributed by atoms with E-state index in [1.807, 2.05) is 0 Å². The van der Waals surface area contributed by atoms with Crippen LogP contribution in [0, 0.1) is 0 Å². The van der Waals surface area contributed by atoms with Crippen LogP contribution in [-0.4, -0.2) is 11.8 Å². The minimum absolute atomic E-state index is 0.151. The number of hydrogen-bond acceptors (Lipinski definition) is 2. The van der Waals surface area contributed by atoms with Gasteiger partial charge >= 0.3 is 0 Å². The van der Waals surface area contributed by atoms with Crippen LogP contribution in [0.25, 0.3) is 6.08 Å². The zero-order valence-electron chi connectivity index (χ0n) is 12.1. The molecule has 0 unspecified atom stereocenters. The quantitative estimate of drug-likeness (QED) is 0.657. The van der Waals surface area contributed by atoms with Crippen molar-refractivity contribution in [3.8, 4) is 0 Å². The molecule has 6 heteroatoms. The van der Waals surface area contributed by atoms with Crippen molar-refractivity contribution in [2.75, 3.05) is 0 Å². The molecule has 0 fully saturated rings. The molecule has 23 heavy (non-hydrogen) atoms. The van der Waals surface area contributed by atoms with E-state index in [9.17, 15) is 9.59 Å². The van der Waals surface area contributed by atoms with Gasteiger partial charge in [0.2, 0.25) is 5.91 Å². The van der Waals surface area contributed by atoms with E-state index in [0.717, 1.165) is 11.1 Å². The summed E-state index contributed by atoms with van der Waals surface area (Å²) in [4.78, 5) is 23.3. The van der Waals surface area contributed by atoms with Gasteiger partial charge in [-0.05, 0) is 41.5 Å². The molecule has 2 rings (SSSR count). The van der Waals surface area contributed by atoms with Gasteiger partial charge in [0.15, 0.2) is 0 Å². The fourth-order valence-electron chi connectivity index (χ4n) is 1.75. The first-order valence-corrected chi connectivity index (χ1v) is 7.55. The smallest absolute Gasteiger partial charge is 0.262 e. The van der Waals surface area contributed by atoms with Crippen LogP contribution in [0.5, 0.6) is 0 Å². The van der Waals surface area contributed by atoms with Gasteiger partial charge in [0.05, 0.1) is 6.42 Å². The third-order valence-corrected chi connectivity index (χ3v) is 3.40. The van der Waals surface area contributed by atoms with Crippen LogP contribution in [0.15, 0.2) is 54.6 Å². The molecule has 0 aromatic heterocycles. The minimum Gasteiger partial charge on any atom is -0.273 e. The van der Waals surface area contributed by atoms with E-state index in [0.29, 0.717) is 10.0 Å². The summed E-state index contributed by atoms with van der Waals surface area (Å²) >= 11 is 11.5. The van der Waals surface area contributed by atoms with Gasteiger partial charge in [-0.1, -0.05) is 47.5 Å². The van der Waals surface area contributed by atoms with E-state index in [1.54, 1.807) is 54.6 Å². The highest BCUT2D eigenvalue weighted by Gasteiger charge is 2.04. The van der Waals surface area contributed by atoms with Gasteiger partial charge in [-0.25, -0.2) is 0 Å². The normalized spacial score (nSPS) is 10.5. The number of nitrogens with one attached hydrogen (secondary N) is 2. The first-order valence-electron chi connectivity index (χ1n) is 6.80. The number of hydrogen-bond donors (Lipinski definition) is 2. The van der Waals surface area contributed by atoms with Crippen LogP contribution >= 0.6 is 23.2 Å². The van der Waals surface area contributed by atoms with Crippen LogP contribution in [0.3, 0.4) is 0 Å². The van der Waals surface area contributed by atoms with Crippen molar-refractivity contribution in [2.45, 2.75) is 6.42 Å². The van der Waals surface area contributed by atoms with Gasteiger partial charge in [0, 0.05) is 16.1 Å². The predicted octanol–water partition coefficient (Wildman–Crippen LogP) is 3.40. The number of amides is 2. The monoisotopic (exact) mass is 348 g/mol. The minimum atomic E-state index is -0.426. The van der Waals surface area contributed by atoms with Crippen LogP contribution in [0.2, 0.25) is 10.0 Å². The summed E-state index contributed by atoms with van der Waals surface area (Å²) in [6.45, 7) is 0. The third kappa shape index (κ3) is 6.14. The Morgan fingerprint density at radius 1 is 0.870 bits per heavy atom. The summed E-state index contributed by atoms with van der Waals surface area (Å²) in [5.41, 5.74) is 6.30. The Kier molecular flexibility index (Phi) is 6.20. The van der Waals surface area contributed by atoms with Crippen molar-refractivity contribution in [3.05, 3.63) is 75.8 Å². The summed E-state index contributed by atoms with van der Waals surface area (Å²) in [5.74, 6) is -0.745. The average Bonchev–Trinajstić information content (AvgIpc) is 2.54. The molecule has 0 spiro atoms. The lowest BCUT2D eigenvalue weighted by Gasteiger charge is -2.05.